The Morgan fingerprint density at radius 2 is 1.95 bits per heavy atom. The molecule has 0 radical (unpaired) electrons. The van der Waals surface area contributed by atoms with Gasteiger partial charge in [-0.05, 0) is 17.7 Å². The maximum absolute atomic E-state index is 9.12. The highest BCUT2D eigenvalue weighted by Crippen LogP contribution is 2.32. The molecular formula is C15H23Cl3N4. The second kappa shape index (κ2) is 10.1. The van der Waals surface area contributed by atoms with Crippen LogP contribution in [0.15, 0.2) is 18.2 Å². The Hall–Kier alpha value is -0.700. The highest BCUT2D eigenvalue weighted by Gasteiger charge is 2.24. The minimum absolute atomic E-state index is 0. The Bertz CT molecular complexity index is 496. The number of nitriles is 1. The van der Waals surface area contributed by atoms with Gasteiger partial charge < -0.3 is 10.2 Å². The van der Waals surface area contributed by atoms with Gasteiger partial charge in [-0.15, -0.1) is 24.8 Å². The molecule has 1 fully saturated rings. The van der Waals surface area contributed by atoms with Crippen LogP contribution in [0.1, 0.15) is 18.0 Å². The summed E-state index contributed by atoms with van der Waals surface area (Å²) in [6.07, 6.45) is 0.473. The Labute approximate surface area is 150 Å². The summed E-state index contributed by atoms with van der Waals surface area (Å²) in [5, 5.41) is 13.2. The molecular weight excluding hydrogens is 343 g/mol. The molecule has 0 aliphatic carbocycles. The Morgan fingerprint density at radius 3 is 2.45 bits per heavy atom. The van der Waals surface area contributed by atoms with Crippen LogP contribution in [0.4, 0.5) is 5.69 Å². The molecule has 1 aromatic carbocycles. The van der Waals surface area contributed by atoms with Gasteiger partial charge in [0.1, 0.15) is 0 Å². The summed E-state index contributed by atoms with van der Waals surface area (Å²) in [6.45, 7) is 3.85. The van der Waals surface area contributed by atoms with E-state index in [1.807, 2.05) is 25.1 Å². The normalized spacial score (nSPS) is 15.9. The second-order valence-corrected chi connectivity index (χ2v) is 5.67. The molecule has 0 spiro atoms. The molecule has 0 aromatic heterocycles. The maximum Gasteiger partial charge on any atom is 0.0641 e. The number of nitrogens with one attached hydrogen (secondary N) is 1. The molecule has 0 unspecified atom stereocenters. The number of piperazine rings is 1. The number of hydrogen-bond acceptors (Lipinski definition) is 4. The quantitative estimate of drug-likeness (QED) is 0.890. The Morgan fingerprint density at radius 1 is 1.32 bits per heavy atom. The molecule has 124 valence electrons. The number of hydrogen-bond donors (Lipinski definition) is 1. The van der Waals surface area contributed by atoms with Crippen molar-refractivity contribution in [3.63, 3.8) is 0 Å². The minimum atomic E-state index is 0. The zero-order valence-corrected chi connectivity index (χ0v) is 15.3. The van der Waals surface area contributed by atoms with Gasteiger partial charge in [0.2, 0.25) is 0 Å². The third-order valence-corrected chi connectivity index (χ3v) is 4.06. The van der Waals surface area contributed by atoms with E-state index in [9.17, 15) is 0 Å². The molecule has 1 atom stereocenters. The number of halogens is 3. The lowest BCUT2D eigenvalue weighted by molar-refractivity contribution is 0.175. The molecule has 1 saturated heterocycles. The summed E-state index contributed by atoms with van der Waals surface area (Å²) in [4.78, 5) is 4.37. The first kappa shape index (κ1) is 21.3. The van der Waals surface area contributed by atoms with Gasteiger partial charge in [-0.1, -0.05) is 17.7 Å². The zero-order valence-electron chi connectivity index (χ0n) is 12.9. The molecule has 22 heavy (non-hydrogen) atoms. The van der Waals surface area contributed by atoms with Crippen LogP contribution >= 0.6 is 36.4 Å². The summed E-state index contributed by atoms with van der Waals surface area (Å²) < 4.78 is 0. The Kier molecular flexibility index (Phi) is 9.82. The lowest BCUT2D eigenvalue weighted by Crippen LogP contribution is -2.45. The summed E-state index contributed by atoms with van der Waals surface area (Å²) in [7, 11) is 3.99. The van der Waals surface area contributed by atoms with E-state index in [0.717, 1.165) is 42.5 Å². The van der Waals surface area contributed by atoms with Crippen molar-refractivity contribution in [1.29, 1.82) is 5.26 Å². The molecule has 1 heterocycles. The fraction of sp³-hybridized carbons (Fsp3) is 0.533. The number of anilines is 1. The van der Waals surface area contributed by atoms with E-state index in [4.69, 9.17) is 16.9 Å². The van der Waals surface area contributed by atoms with E-state index in [2.05, 4.69) is 28.4 Å². The molecule has 4 nitrogen and oxygen atoms in total. The summed E-state index contributed by atoms with van der Waals surface area (Å²) in [5.41, 5.74) is 2.13. The smallest absolute Gasteiger partial charge is 0.0641 e. The second-order valence-electron chi connectivity index (χ2n) is 5.26. The third kappa shape index (κ3) is 5.19. The van der Waals surface area contributed by atoms with Gasteiger partial charge in [-0.25, -0.2) is 0 Å². The summed E-state index contributed by atoms with van der Waals surface area (Å²) >= 11 is 6.44. The van der Waals surface area contributed by atoms with E-state index < -0.39 is 0 Å². The molecule has 1 aliphatic heterocycles. The van der Waals surface area contributed by atoms with Crippen molar-refractivity contribution in [2.24, 2.45) is 0 Å². The van der Waals surface area contributed by atoms with Crippen molar-refractivity contribution in [2.45, 2.75) is 12.5 Å². The SMILES string of the molecule is CN(C)c1ccc([C@H](CC#N)N2CCNCC2)c(Cl)c1.Cl.Cl. The van der Waals surface area contributed by atoms with Crippen molar-refractivity contribution in [3.05, 3.63) is 28.8 Å². The first-order valence-electron chi connectivity index (χ1n) is 6.92. The molecule has 0 saturated carbocycles. The van der Waals surface area contributed by atoms with Gasteiger partial charge in [-0.2, -0.15) is 5.26 Å². The van der Waals surface area contributed by atoms with E-state index in [0.29, 0.717) is 6.42 Å². The van der Waals surface area contributed by atoms with Crippen LogP contribution in [0.5, 0.6) is 0 Å². The fourth-order valence-electron chi connectivity index (χ4n) is 2.58. The Balaban J connectivity index is 0.00000220. The topological polar surface area (TPSA) is 42.3 Å². The summed E-state index contributed by atoms with van der Waals surface area (Å²) in [5.74, 6) is 0. The van der Waals surface area contributed by atoms with Crippen LogP contribution in [0.2, 0.25) is 5.02 Å². The zero-order chi connectivity index (χ0) is 14.5. The molecule has 1 aromatic rings. The first-order chi connectivity index (χ1) is 9.63. The van der Waals surface area contributed by atoms with Crippen molar-refractivity contribution in [1.82, 2.24) is 10.2 Å². The lowest BCUT2D eigenvalue weighted by Gasteiger charge is -2.34. The van der Waals surface area contributed by atoms with Gasteiger partial charge in [0, 0.05) is 57.0 Å². The predicted octanol–water partition coefficient (Wildman–Crippen LogP) is 3.11. The highest BCUT2D eigenvalue weighted by atomic mass is 35.5. The van der Waals surface area contributed by atoms with E-state index in [1.165, 1.54) is 0 Å². The van der Waals surface area contributed by atoms with Crippen molar-refractivity contribution in [3.8, 4) is 6.07 Å². The molecule has 1 N–H and O–H groups in total. The monoisotopic (exact) mass is 364 g/mol. The van der Waals surface area contributed by atoms with Crippen molar-refractivity contribution >= 4 is 42.1 Å². The van der Waals surface area contributed by atoms with Crippen LogP contribution in [-0.4, -0.2) is 45.2 Å². The molecule has 0 amide bonds. The van der Waals surface area contributed by atoms with Gasteiger partial charge in [0.25, 0.3) is 0 Å². The van der Waals surface area contributed by atoms with Crippen LogP contribution in [-0.2, 0) is 0 Å². The van der Waals surface area contributed by atoms with Crippen LogP contribution in [0, 0.1) is 11.3 Å². The van der Waals surface area contributed by atoms with E-state index >= 15 is 0 Å². The van der Waals surface area contributed by atoms with Crippen LogP contribution in [0.25, 0.3) is 0 Å². The average molecular weight is 366 g/mol. The standard InChI is InChI=1S/C15H21ClN4.2ClH/c1-19(2)12-3-4-13(14(16)11-12)15(5-6-17)20-9-7-18-8-10-20;;/h3-4,11,15,18H,5,7-10H2,1-2H3;2*1H/t15-;;/m0../s1. The lowest BCUT2D eigenvalue weighted by atomic mass is 10.0. The van der Waals surface area contributed by atoms with Crippen molar-refractivity contribution in [2.75, 3.05) is 45.2 Å². The predicted molar refractivity (Wildman–Crippen MR) is 97.7 cm³/mol. The number of nitrogens with zero attached hydrogens (tertiary/aromatic N) is 3. The largest absolute Gasteiger partial charge is 0.378 e. The molecule has 0 bridgehead atoms. The third-order valence-electron chi connectivity index (χ3n) is 3.74. The van der Waals surface area contributed by atoms with Crippen molar-refractivity contribution < 1.29 is 0 Å². The van der Waals surface area contributed by atoms with Gasteiger partial charge in [0.15, 0.2) is 0 Å². The van der Waals surface area contributed by atoms with Gasteiger partial charge in [0.05, 0.1) is 12.5 Å². The first-order valence-corrected chi connectivity index (χ1v) is 7.29. The van der Waals surface area contributed by atoms with E-state index in [-0.39, 0.29) is 30.9 Å². The number of benzene rings is 1. The maximum atomic E-state index is 9.12. The average Bonchev–Trinajstić information content (AvgIpc) is 2.46. The van der Waals surface area contributed by atoms with Gasteiger partial charge in [-0.3, -0.25) is 4.90 Å². The molecule has 7 heteroatoms. The molecule has 1 aliphatic rings. The van der Waals surface area contributed by atoms with Crippen LogP contribution in [0.3, 0.4) is 0 Å². The minimum Gasteiger partial charge on any atom is -0.378 e. The fourth-order valence-corrected chi connectivity index (χ4v) is 2.88. The van der Waals surface area contributed by atoms with Crippen LogP contribution < -0.4 is 10.2 Å². The molecule has 2 rings (SSSR count). The highest BCUT2D eigenvalue weighted by molar-refractivity contribution is 6.31. The summed E-state index contributed by atoms with van der Waals surface area (Å²) in [6, 6.07) is 8.48. The number of rotatable bonds is 4. The van der Waals surface area contributed by atoms with E-state index in [1.54, 1.807) is 0 Å². The van der Waals surface area contributed by atoms with Gasteiger partial charge >= 0.3 is 0 Å².